The summed E-state index contributed by atoms with van der Waals surface area (Å²) in [5, 5.41) is 6.91. The Morgan fingerprint density at radius 1 is 1.26 bits per heavy atom. The van der Waals surface area contributed by atoms with Crippen molar-refractivity contribution >= 4 is 11.8 Å². The summed E-state index contributed by atoms with van der Waals surface area (Å²) in [4.78, 5) is 30.9. The van der Waals surface area contributed by atoms with E-state index in [2.05, 4.69) is 29.3 Å². The quantitative estimate of drug-likeness (QED) is 0.844. The van der Waals surface area contributed by atoms with Gasteiger partial charge >= 0.3 is 0 Å². The van der Waals surface area contributed by atoms with Crippen molar-refractivity contribution in [1.82, 2.24) is 20.4 Å². The van der Waals surface area contributed by atoms with E-state index < -0.39 is 0 Å². The Morgan fingerprint density at radius 2 is 2.04 bits per heavy atom. The van der Waals surface area contributed by atoms with Crippen LogP contribution in [-0.2, 0) is 17.8 Å². The molecule has 1 saturated heterocycles. The minimum absolute atomic E-state index is 0.0200. The first-order chi connectivity index (χ1) is 13.0. The van der Waals surface area contributed by atoms with Gasteiger partial charge in [-0.2, -0.15) is 0 Å². The van der Waals surface area contributed by atoms with Gasteiger partial charge in [0, 0.05) is 31.3 Å². The molecule has 0 atom stereocenters. The van der Waals surface area contributed by atoms with Gasteiger partial charge in [0.1, 0.15) is 0 Å². The molecule has 3 rings (SSSR count). The molecule has 2 aromatic heterocycles. The second kappa shape index (κ2) is 8.79. The highest BCUT2D eigenvalue weighted by atomic mass is 16.5. The molecule has 0 bridgehead atoms. The smallest absolute Gasteiger partial charge is 0.292 e. The van der Waals surface area contributed by atoms with Gasteiger partial charge in [0.05, 0.1) is 17.9 Å². The van der Waals surface area contributed by atoms with E-state index in [1.165, 1.54) is 0 Å². The SMILES string of the molecule is CC(C)Cc1cc(C(=O)N2CCC(C(=O)NCc3ccccn3)CC2)on1. The maximum absolute atomic E-state index is 12.6. The Kier molecular flexibility index (Phi) is 6.21. The van der Waals surface area contributed by atoms with E-state index >= 15 is 0 Å². The molecule has 0 aromatic carbocycles. The number of rotatable bonds is 6. The molecule has 2 aromatic rings. The maximum Gasteiger partial charge on any atom is 0.292 e. The third-order valence-electron chi connectivity index (χ3n) is 4.71. The third-order valence-corrected chi connectivity index (χ3v) is 4.71. The molecule has 0 spiro atoms. The van der Waals surface area contributed by atoms with Gasteiger partial charge in [0.25, 0.3) is 5.91 Å². The Labute approximate surface area is 159 Å². The Bertz CT molecular complexity index is 765. The molecule has 1 aliphatic rings. The van der Waals surface area contributed by atoms with E-state index in [9.17, 15) is 9.59 Å². The van der Waals surface area contributed by atoms with Gasteiger partial charge in [0.2, 0.25) is 11.7 Å². The molecule has 0 radical (unpaired) electrons. The molecular formula is C20H26N4O3. The summed E-state index contributed by atoms with van der Waals surface area (Å²) < 4.78 is 5.21. The lowest BCUT2D eigenvalue weighted by molar-refractivity contribution is -0.126. The van der Waals surface area contributed by atoms with Crippen LogP contribution in [0.4, 0.5) is 0 Å². The average molecular weight is 370 g/mol. The van der Waals surface area contributed by atoms with Crippen LogP contribution in [0.2, 0.25) is 0 Å². The fourth-order valence-electron chi connectivity index (χ4n) is 3.25. The molecule has 7 nitrogen and oxygen atoms in total. The van der Waals surface area contributed by atoms with Crippen LogP contribution in [-0.4, -0.2) is 39.9 Å². The van der Waals surface area contributed by atoms with Crippen LogP contribution < -0.4 is 5.32 Å². The Hall–Kier alpha value is -2.70. The molecule has 7 heteroatoms. The largest absolute Gasteiger partial charge is 0.351 e. The first-order valence-electron chi connectivity index (χ1n) is 9.45. The number of carbonyl (C=O) groups excluding carboxylic acids is 2. The number of aromatic nitrogens is 2. The summed E-state index contributed by atoms with van der Waals surface area (Å²) in [6.07, 6.45) is 3.79. The van der Waals surface area contributed by atoms with Gasteiger partial charge < -0.3 is 14.7 Å². The topological polar surface area (TPSA) is 88.3 Å². The molecule has 1 fully saturated rings. The summed E-state index contributed by atoms with van der Waals surface area (Å²) in [5.41, 5.74) is 1.64. The van der Waals surface area contributed by atoms with Gasteiger partial charge in [0.15, 0.2) is 0 Å². The van der Waals surface area contributed by atoms with Crippen molar-refractivity contribution in [1.29, 1.82) is 0 Å². The standard InChI is InChI=1S/C20H26N4O3/c1-14(2)11-17-12-18(27-23-17)20(26)24-9-6-15(7-10-24)19(25)22-13-16-5-3-4-8-21-16/h3-5,8,12,14-15H,6-7,9-11,13H2,1-2H3,(H,22,25). The van der Waals surface area contributed by atoms with Gasteiger partial charge in [-0.1, -0.05) is 25.1 Å². The van der Waals surface area contributed by atoms with E-state index in [0.29, 0.717) is 38.4 Å². The number of amides is 2. The molecule has 144 valence electrons. The van der Waals surface area contributed by atoms with E-state index in [1.54, 1.807) is 17.2 Å². The van der Waals surface area contributed by atoms with Crippen molar-refractivity contribution in [3.63, 3.8) is 0 Å². The summed E-state index contributed by atoms with van der Waals surface area (Å²) in [6.45, 7) is 5.71. The lowest BCUT2D eigenvalue weighted by Crippen LogP contribution is -2.42. The van der Waals surface area contributed by atoms with Crippen LogP contribution in [0.5, 0.6) is 0 Å². The highest BCUT2D eigenvalue weighted by molar-refractivity contribution is 5.91. The van der Waals surface area contributed by atoms with Crippen molar-refractivity contribution in [3.05, 3.63) is 47.6 Å². The van der Waals surface area contributed by atoms with Crippen molar-refractivity contribution < 1.29 is 14.1 Å². The third kappa shape index (κ3) is 5.15. The number of hydrogen-bond donors (Lipinski definition) is 1. The lowest BCUT2D eigenvalue weighted by atomic mass is 9.95. The van der Waals surface area contributed by atoms with E-state index in [4.69, 9.17) is 4.52 Å². The minimum atomic E-state index is -0.148. The highest BCUT2D eigenvalue weighted by Crippen LogP contribution is 2.20. The molecule has 1 aliphatic heterocycles. The number of hydrogen-bond acceptors (Lipinski definition) is 5. The average Bonchev–Trinajstić information content (AvgIpc) is 3.14. The van der Waals surface area contributed by atoms with Crippen LogP contribution in [0.25, 0.3) is 0 Å². The Morgan fingerprint density at radius 3 is 2.70 bits per heavy atom. The van der Waals surface area contributed by atoms with Crippen LogP contribution in [0.3, 0.4) is 0 Å². The number of likely N-dealkylation sites (tertiary alicyclic amines) is 1. The van der Waals surface area contributed by atoms with Crippen LogP contribution in [0.15, 0.2) is 35.0 Å². The van der Waals surface area contributed by atoms with Crippen LogP contribution in [0.1, 0.15) is 48.6 Å². The van der Waals surface area contributed by atoms with Crippen LogP contribution >= 0.6 is 0 Å². The predicted molar refractivity (Wildman–Crippen MR) is 99.8 cm³/mol. The number of nitrogens with zero attached hydrogens (tertiary/aromatic N) is 3. The lowest BCUT2D eigenvalue weighted by Gasteiger charge is -2.30. The zero-order valence-electron chi connectivity index (χ0n) is 15.9. The van der Waals surface area contributed by atoms with Crippen molar-refractivity contribution in [2.45, 2.75) is 39.7 Å². The van der Waals surface area contributed by atoms with E-state index in [-0.39, 0.29) is 23.5 Å². The maximum atomic E-state index is 12.6. The second-order valence-electron chi connectivity index (χ2n) is 7.39. The van der Waals surface area contributed by atoms with Crippen molar-refractivity contribution in [2.75, 3.05) is 13.1 Å². The second-order valence-corrected chi connectivity index (χ2v) is 7.39. The fourth-order valence-corrected chi connectivity index (χ4v) is 3.25. The molecule has 1 N–H and O–H groups in total. The monoisotopic (exact) mass is 370 g/mol. The van der Waals surface area contributed by atoms with Gasteiger partial charge in [-0.3, -0.25) is 14.6 Å². The Balaban J connectivity index is 1.47. The first kappa shape index (κ1) is 19.1. The predicted octanol–water partition coefficient (Wildman–Crippen LogP) is 2.44. The van der Waals surface area contributed by atoms with E-state index in [0.717, 1.165) is 17.8 Å². The zero-order valence-corrected chi connectivity index (χ0v) is 15.9. The zero-order chi connectivity index (χ0) is 19.2. The first-order valence-corrected chi connectivity index (χ1v) is 9.45. The summed E-state index contributed by atoms with van der Waals surface area (Å²) in [5.74, 6) is 0.530. The van der Waals surface area contributed by atoms with Gasteiger partial charge in [-0.05, 0) is 37.3 Å². The number of carbonyl (C=O) groups is 2. The van der Waals surface area contributed by atoms with E-state index in [1.807, 2.05) is 18.2 Å². The molecule has 0 unspecified atom stereocenters. The summed E-state index contributed by atoms with van der Waals surface area (Å²) in [6, 6.07) is 7.35. The summed E-state index contributed by atoms with van der Waals surface area (Å²) >= 11 is 0. The molecule has 3 heterocycles. The van der Waals surface area contributed by atoms with Gasteiger partial charge in [-0.25, -0.2) is 0 Å². The van der Waals surface area contributed by atoms with Crippen molar-refractivity contribution in [3.8, 4) is 0 Å². The fraction of sp³-hybridized carbons (Fsp3) is 0.500. The molecule has 0 aliphatic carbocycles. The molecule has 0 saturated carbocycles. The van der Waals surface area contributed by atoms with Crippen LogP contribution in [0, 0.1) is 11.8 Å². The summed E-state index contributed by atoms with van der Waals surface area (Å²) in [7, 11) is 0. The molecule has 27 heavy (non-hydrogen) atoms. The highest BCUT2D eigenvalue weighted by Gasteiger charge is 2.29. The number of piperidine rings is 1. The molecule has 2 amide bonds. The number of pyridine rings is 1. The minimum Gasteiger partial charge on any atom is -0.351 e. The van der Waals surface area contributed by atoms with Gasteiger partial charge in [-0.15, -0.1) is 0 Å². The number of nitrogens with one attached hydrogen (secondary N) is 1. The van der Waals surface area contributed by atoms with Crippen molar-refractivity contribution in [2.24, 2.45) is 11.8 Å². The molecular weight excluding hydrogens is 344 g/mol. The normalized spacial score (nSPS) is 15.1.